The molecule has 3 heterocycles. The predicted molar refractivity (Wildman–Crippen MR) is 137 cm³/mol. The summed E-state index contributed by atoms with van der Waals surface area (Å²) in [6.07, 6.45) is 1.75. The van der Waals surface area contributed by atoms with Gasteiger partial charge in [-0.15, -0.1) is 0 Å². The number of aromatic nitrogens is 1. The van der Waals surface area contributed by atoms with Crippen molar-refractivity contribution in [3.63, 3.8) is 0 Å². The van der Waals surface area contributed by atoms with Crippen LogP contribution in [-0.2, 0) is 14.3 Å². The van der Waals surface area contributed by atoms with E-state index < -0.39 is 18.0 Å². The smallest absolute Gasteiger partial charge is 0.338 e. The highest BCUT2D eigenvalue weighted by Crippen LogP contribution is 2.36. The molecule has 0 bridgehead atoms. The minimum Gasteiger partial charge on any atom is -0.493 e. The molecule has 0 radical (unpaired) electrons. The van der Waals surface area contributed by atoms with Crippen molar-refractivity contribution in [2.24, 2.45) is 4.99 Å². The average Bonchev–Trinajstić information content (AvgIpc) is 3.47. The Balaban J connectivity index is 1.69. The van der Waals surface area contributed by atoms with Crippen LogP contribution >= 0.6 is 11.3 Å². The van der Waals surface area contributed by atoms with E-state index >= 15 is 0 Å². The summed E-state index contributed by atoms with van der Waals surface area (Å²) < 4.78 is 28.7. The molecule has 2 aliphatic heterocycles. The van der Waals surface area contributed by atoms with Gasteiger partial charge < -0.3 is 23.7 Å². The largest absolute Gasteiger partial charge is 0.493 e. The van der Waals surface area contributed by atoms with Gasteiger partial charge in [0.1, 0.15) is 0 Å². The molecule has 0 aliphatic carbocycles. The number of thiazole rings is 1. The van der Waals surface area contributed by atoms with E-state index in [2.05, 4.69) is 4.99 Å². The van der Waals surface area contributed by atoms with Crippen LogP contribution in [-0.4, -0.2) is 37.0 Å². The molecule has 0 saturated carbocycles. The lowest BCUT2D eigenvalue weighted by atomic mass is 9.95. The van der Waals surface area contributed by atoms with Crippen molar-refractivity contribution in [3.05, 3.63) is 78.5 Å². The summed E-state index contributed by atoms with van der Waals surface area (Å²) in [4.78, 5) is 43.4. The van der Waals surface area contributed by atoms with Gasteiger partial charge in [-0.05, 0) is 55.3 Å². The standard InChI is InChI=1S/C27H24N2O8S/c1-5-34-26(32)23-14(2)28-27-29(24(23)17-7-9-19(37-15(3)30)20(12-17)33-4)25(31)22(38-27)11-16-6-8-18-21(10-16)36-13-35-18/h6-12,24H,5,13H2,1-4H3/b22-11+/t24-/m1/s1. The van der Waals surface area contributed by atoms with E-state index in [0.29, 0.717) is 32.1 Å². The Morgan fingerprint density at radius 2 is 1.95 bits per heavy atom. The molecule has 0 unspecified atom stereocenters. The normalized spacial score (nSPS) is 16.1. The van der Waals surface area contributed by atoms with Crippen LogP contribution in [0.3, 0.4) is 0 Å². The Bertz CT molecular complexity index is 1670. The molecule has 1 aromatic heterocycles. The fourth-order valence-electron chi connectivity index (χ4n) is 4.35. The zero-order valence-corrected chi connectivity index (χ0v) is 21.9. The monoisotopic (exact) mass is 536 g/mol. The van der Waals surface area contributed by atoms with Crippen molar-refractivity contribution in [2.45, 2.75) is 26.8 Å². The number of nitrogens with zero attached hydrogens (tertiary/aromatic N) is 2. The first-order valence-electron chi connectivity index (χ1n) is 11.8. The molecule has 0 amide bonds. The molecule has 1 atom stereocenters. The Morgan fingerprint density at radius 1 is 1.16 bits per heavy atom. The third-order valence-corrected chi connectivity index (χ3v) is 6.95. The lowest BCUT2D eigenvalue weighted by Crippen LogP contribution is -2.40. The number of esters is 2. The first-order valence-corrected chi connectivity index (χ1v) is 12.6. The lowest BCUT2D eigenvalue weighted by molar-refractivity contribution is -0.139. The minimum absolute atomic E-state index is 0.149. The lowest BCUT2D eigenvalue weighted by Gasteiger charge is -2.25. The molecule has 10 nitrogen and oxygen atoms in total. The molecule has 0 saturated heterocycles. The molecule has 38 heavy (non-hydrogen) atoms. The topological polar surface area (TPSA) is 115 Å². The van der Waals surface area contributed by atoms with Gasteiger partial charge in [0.25, 0.3) is 5.56 Å². The molecule has 2 aliphatic rings. The van der Waals surface area contributed by atoms with Gasteiger partial charge in [0.15, 0.2) is 27.8 Å². The number of carbonyl (C=O) groups excluding carboxylic acids is 2. The van der Waals surface area contributed by atoms with Crippen LogP contribution in [0.4, 0.5) is 0 Å². The highest BCUT2D eigenvalue weighted by Gasteiger charge is 2.34. The number of hydrogen-bond donors (Lipinski definition) is 0. The number of benzene rings is 2. The van der Waals surface area contributed by atoms with Crippen LogP contribution < -0.4 is 33.8 Å². The van der Waals surface area contributed by atoms with Crippen molar-refractivity contribution in [3.8, 4) is 23.0 Å². The second kappa shape index (κ2) is 10.2. The first kappa shape index (κ1) is 25.3. The Labute approximate surface area is 221 Å². The van der Waals surface area contributed by atoms with Gasteiger partial charge in [0, 0.05) is 6.92 Å². The summed E-state index contributed by atoms with van der Waals surface area (Å²) in [5.41, 5.74) is 1.66. The fourth-order valence-corrected chi connectivity index (χ4v) is 5.40. The van der Waals surface area contributed by atoms with Crippen molar-refractivity contribution >= 4 is 29.4 Å². The van der Waals surface area contributed by atoms with Crippen LogP contribution in [0.5, 0.6) is 23.0 Å². The van der Waals surface area contributed by atoms with E-state index in [4.69, 9.17) is 23.7 Å². The zero-order chi connectivity index (χ0) is 27.0. The molecular weight excluding hydrogens is 512 g/mol. The maximum atomic E-state index is 13.8. The van der Waals surface area contributed by atoms with Crippen molar-refractivity contribution < 1.29 is 33.3 Å². The second-order valence-corrected chi connectivity index (χ2v) is 9.43. The molecule has 0 spiro atoms. The summed E-state index contributed by atoms with van der Waals surface area (Å²) in [6.45, 7) is 5.01. The summed E-state index contributed by atoms with van der Waals surface area (Å²) in [6, 6.07) is 9.45. The molecule has 2 aromatic carbocycles. The minimum atomic E-state index is -0.843. The van der Waals surface area contributed by atoms with E-state index in [1.54, 1.807) is 50.3 Å². The van der Waals surface area contributed by atoms with E-state index in [1.807, 2.05) is 6.07 Å². The third-order valence-electron chi connectivity index (χ3n) is 5.97. The number of methoxy groups -OCH3 is 1. The van der Waals surface area contributed by atoms with Crippen LogP contribution in [0.25, 0.3) is 6.08 Å². The van der Waals surface area contributed by atoms with E-state index in [0.717, 1.165) is 5.56 Å². The molecule has 196 valence electrons. The number of hydrogen-bond acceptors (Lipinski definition) is 10. The Kier molecular flexibility index (Phi) is 6.77. The Hall–Kier alpha value is -4.38. The Morgan fingerprint density at radius 3 is 2.68 bits per heavy atom. The van der Waals surface area contributed by atoms with Crippen LogP contribution in [0.15, 0.2) is 57.5 Å². The maximum Gasteiger partial charge on any atom is 0.338 e. The van der Waals surface area contributed by atoms with E-state index in [-0.39, 0.29) is 36.0 Å². The SMILES string of the molecule is CCOC(=O)C1=C(C)N=c2s/c(=C/c3ccc4c(c3)OCO4)c(=O)n2[C@@H]1c1ccc(OC(C)=O)c(OC)c1. The molecule has 11 heteroatoms. The zero-order valence-electron chi connectivity index (χ0n) is 21.1. The molecule has 5 rings (SSSR count). The average molecular weight is 537 g/mol. The number of allylic oxidation sites excluding steroid dienone is 1. The molecule has 3 aromatic rings. The number of rotatable bonds is 6. The summed E-state index contributed by atoms with van der Waals surface area (Å²) in [7, 11) is 1.44. The molecule has 0 fully saturated rings. The van der Waals surface area contributed by atoms with Gasteiger partial charge in [0.2, 0.25) is 6.79 Å². The number of ether oxygens (including phenoxy) is 5. The van der Waals surface area contributed by atoms with Crippen molar-refractivity contribution in [1.82, 2.24) is 4.57 Å². The van der Waals surface area contributed by atoms with Crippen molar-refractivity contribution in [2.75, 3.05) is 20.5 Å². The van der Waals surface area contributed by atoms with Gasteiger partial charge in [-0.1, -0.05) is 23.5 Å². The fraction of sp³-hybridized carbons (Fsp3) is 0.259. The highest BCUT2D eigenvalue weighted by atomic mass is 32.1. The number of carbonyl (C=O) groups is 2. The van der Waals surface area contributed by atoms with E-state index in [1.165, 1.54) is 29.9 Å². The maximum absolute atomic E-state index is 13.8. The van der Waals surface area contributed by atoms with Gasteiger partial charge in [-0.3, -0.25) is 14.2 Å². The quantitative estimate of drug-likeness (QED) is 0.349. The summed E-state index contributed by atoms with van der Waals surface area (Å²) in [5.74, 6) is 0.659. The van der Waals surface area contributed by atoms with E-state index in [9.17, 15) is 14.4 Å². The highest BCUT2D eigenvalue weighted by molar-refractivity contribution is 7.07. The molecule has 0 N–H and O–H groups in total. The van der Waals surface area contributed by atoms with Crippen LogP contribution in [0.1, 0.15) is 37.9 Å². The number of fused-ring (bicyclic) bond motifs is 2. The summed E-state index contributed by atoms with van der Waals surface area (Å²) in [5, 5.41) is 0. The predicted octanol–water partition coefficient (Wildman–Crippen LogP) is 2.46. The third kappa shape index (κ3) is 4.56. The van der Waals surface area contributed by atoms with Crippen LogP contribution in [0.2, 0.25) is 0 Å². The van der Waals surface area contributed by atoms with Gasteiger partial charge in [-0.25, -0.2) is 9.79 Å². The first-order chi connectivity index (χ1) is 18.3. The van der Waals surface area contributed by atoms with Gasteiger partial charge >= 0.3 is 11.9 Å². The van der Waals surface area contributed by atoms with Crippen LogP contribution in [0, 0.1) is 0 Å². The second-order valence-electron chi connectivity index (χ2n) is 8.42. The van der Waals surface area contributed by atoms with Gasteiger partial charge in [0.05, 0.1) is 35.6 Å². The van der Waals surface area contributed by atoms with Crippen molar-refractivity contribution in [1.29, 1.82) is 0 Å². The van der Waals surface area contributed by atoms with Gasteiger partial charge in [-0.2, -0.15) is 0 Å². The molecular formula is C27H24N2O8S. The summed E-state index contributed by atoms with van der Waals surface area (Å²) >= 11 is 1.21.